The molecule has 1 saturated heterocycles. The van der Waals surface area contributed by atoms with Gasteiger partial charge < -0.3 is 15.0 Å². The molecule has 1 amide bonds. The Bertz CT molecular complexity index is 967. The lowest BCUT2D eigenvalue weighted by Gasteiger charge is -2.35. The number of amides is 1. The Balaban J connectivity index is 1.51. The van der Waals surface area contributed by atoms with E-state index in [1.165, 1.54) is 6.07 Å². The van der Waals surface area contributed by atoms with E-state index in [1.807, 2.05) is 24.3 Å². The largest absolute Gasteiger partial charge is 0.379 e. The van der Waals surface area contributed by atoms with Gasteiger partial charge in [0, 0.05) is 35.6 Å². The molecule has 2 aromatic carbocycles. The molecule has 7 heteroatoms. The van der Waals surface area contributed by atoms with Crippen molar-refractivity contribution in [1.82, 2.24) is 15.2 Å². The number of nitrogens with one attached hydrogen (secondary N) is 2. The summed E-state index contributed by atoms with van der Waals surface area (Å²) < 4.78 is 19.3. The molecule has 0 saturated carbocycles. The Morgan fingerprint density at radius 2 is 1.96 bits per heavy atom. The van der Waals surface area contributed by atoms with Crippen molar-refractivity contribution in [2.45, 2.75) is 6.04 Å². The normalized spacial score (nSPS) is 16.2. The first-order chi connectivity index (χ1) is 13.6. The van der Waals surface area contributed by atoms with E-state index in [0.717, 1.165) is 18.7 Å². The number of carbonyl (C=O) groups is 1. The van der Waals surface area contributed by atoms with Gasteiger partial charge in [-0.15, -0.1) is 0 Å². The third-order valence-electron chi connectivity index (χ3n) is 5.05. The molecule has 1 aromatic heterocycles. The number of carbonyl (C=O) groups excluding carboxylic acids is 1. The van der Waals surface area contributed by atoms with Gasteiger partial charge in [-0.1, -0.05) is 29.8 Å². The number of hydrogen-bond donors (Lipinski definition) is 2. The third kappa shape index (κ3) is 4.04. The molecule has 1 aliphatic rings. The molecular weight excluding hydrogens is 381 g/mol. The molecule has 0 bridgehead atoms. The van der Waals surface area contributed by atoms with Gasteiger partial charge in [0.15, 0.2) is 0 Å². The second-order valence-corrected chi connectivity index (χ2v) is 7.25. The van der Waals surface area contributed by atoms with E-state index in [2.05, 4.69) is 15.2 Å². The topological polar surface area (TPSA) is 57.4 Å². The SMILES string of the molecule is O=C(NCC(c1ccc(Cl)cc1)N1CCOCC1)c1cc2c(F)cccc2[nH]1. The fourth-order valence-electron chi connectivity index (χ4n) is 3.56. The van der Waals surface area contributed by atoms with Gasteiger partial charge in [0.1, 0.15) is 11.5 Å². The monoisotopic (exact) mass is 401 g/mol. The molecule has 1 unspecified atom stereocenters. The van der Waals surface area contributed by atoms with Crippen molar-refractivity contribution < 1.29 is 13.9 Å². The first kappa shape index (κ1) is 18.9. The summed E-state index contributed by atoms with van der Waals surface area (Å²) in [6.45, 7) is 3.35. The Labute approximate surface area is 167 Å². The van der Waals surface area contributed by atoms with Crippen LogP contribution in [0, 0.1) is 5.82 Å². The Morgan fingerprint density at radius 3 is 2.68 bits per heavy atom. The highest BCUT2D eigenvalue weighted by molar-refractivity contribution is 6.30. The number of halogens is 2. The van der Waals surface area contributed by atoms with E-state index in [4.69, 9.17) is 16.3 Å². The standard InChI is InChI=1S/C21H21ClFN3O2/c22-15-6-4-14(5-7-15)20(26-8-10-28-11-9-26)13-24-21(27)19-12-16-17(23)2-1-3-18(16)25-19/h1-7,12,20,25H,8-11,13H2,(H,24,27). The lowest BCUT2D eigenvalue weighted by molar-refractivity contribution is 0.0162. The Kier molecular flexibility index (Phi) is 5.62. The van der Waals surface area contributed by atoms with Gasteiger partial charge >= 0.3 is 0 Å². The zero-order valence-corrected chi connectivity index (χ0v) is 16.0. The molecule has 1 atom stereocenters. The van der Waals surface area contributed by atoms with Crippen molar-refractivity contribution in [1.29, 1.82) is 0 Å². The van der Waals surface area contributed by atoms with Gasteiger partial charge in [-0.25, -0.2) is 4.39 Å². The maximum atomic E-state index is 13.9. The molecule has 0 radical (unpaired) electrons. The number of aromatic amines is 1. The van der Waals surface area contributed by atoms with E-state index in [1.54, 1.807) is 18.2 Å². The van der Waals surface area contributed by atoms with Crippen molar-refractivity contribution in [2.24, 2.45) is 0 Å². The second kappa shape index (κ2) is 8.31. The fraction of sp³-hybridized carbons (Fsp3) is 0.286. The average Bonchev–Trinajstić information content (AvgIpc) is 3.16. The van der Waals surface area contributed by atoms with Crippen LogP contribution in [0.4, 0.5) is 4.39 Å². The summed E-state index contributed by atoms with van der Waals surface area (Å²) >= 11 is 6.02. The van der Waals surface area contributed by atoms with Gasteiger partial charge in [-0.05, 0) is 35.9 Å². The highest BCUT2D eigenvalue weighted by Crippen LogP contribution is 2.24. The first-order valence-electron chi connectivity index (χ1n) is 9.24. The number of aromatic nitrogens is 1. The molecule has 1 fully saturated rings. The van der Waals surface area contributed by atoms with E-state index >= 15 is 0 Å². The molecule has 4 rings (SSSR count). The fourth-order valence-corrected chi connectivity index (χ4v) is 3.68. The smallest absolute Gasteiger partial charge is 0.267 e. The minimum Gasteiger partial charge on any atom is -0.379 e. The molecule has 3 aromatic rings. The predicted molar refractivity (Wildman–Crippen MR) is 107 cm³/mol. The lowest BCUT2D eigenvalue weighted by Crippen LogP contribution is -2.43. The maximum absolute atomic E-state index is 13.9. The summed E-state index contributed by atoms with van der Waals surface area (Å²) in [5.74, 6) is -0.608. The molecule has 0 aliphatic carbocycles. The van der Waals surface area contributed by atoms with Crippen LogP contribution in [0.3, 0.4) is 0 Å². The van der Waals surface area contributed by atoms with Gasteiger partial charge in [0.05, 0.1) is 19.3 Å². The zero-order chi connectivity index (χ0) is 19.5. The first-order valence-corrected chi connectivity index (χ1v) is 9.62. The van der Waals surface area contributed by atoms with Gasteiger partial charge in [0.25, 0.3) is 5.91 Å². The highest BCUT2D eigenvalue weighted by atomic mass is 35.5. The van der Waals surface area contributed by atoms with Crippen LogP contribution in [0.2, 0.25) is 5.02 Å². The molecule has 5 nitrogen and oxygen atoms in total. The highest BCUT2D eigenvalue weighted by Gasteiger charge is 2.23. The van der Waals surface area contributed by atoms with Gasteiger partial charge in [-0.2, -0.15) is 0 Å². The minimum atomic E-state index is -0.347. The summed E-state index contributed by atoms with van der Waals surface area (Å²) in [6, 6.07) is 14.0. The number of H-pyrrole nitrogens is 1. The Morgan fingerprint density at radius 1 is 1.21 bits per heavy atom. The lowest BCUT2D eigenvalue weighted by atomic mass is 10.0. The van der Waals surface area contributed by atoms with Crippen molar-refractivity contribution in [3.8, 4) is 0 Å². The summed E-state index contributed by atoms with van der Waals surface area (Å²) in [6.07, 6.45) is 0. The molecule has 28 heavy (non-hydrogen) atoms. The van der Waals surface area contributed by atoms with E-state index in [9.17, 15) is 9.18 Å². The molecule has 1 aliphatic heterocycles. The van der Waals surface area contributed by atoms with Crippen LogP contribution in [0.15, 0.2) is 48.5 Å². The number of nitrogens with zero attached hydrogens (tertiary/aromatic N) is 1. The van der Waals surface area contributed by atoms with E-state index < -0.39 is 0 Å². The van der Waals surface area contributed by atoms with E-state index in [-0.39, 0.29) is 17.8 Å². The average molecular weight is 402 g/mol. The minimum absolute atomic E-state index is 0.00577. The molecule has 0 spiro atoms. The van der Waals surface area contributed by atoms with Crippen LogP contribution in [0.5, 0.6) is 0 Å². The zero-order valence-electron chi connectivity index (χ0n) is 15.3. The number of benzene rings is 2. The maximum Gasteiger partial charge on any atom is 0.267 e. The second-order valence-electron chi connectivity index (χ2n) is 6.81. The van der Waals surface area contributed by atoms with Crippen LogP contribution in [0.1, 0.15) is 22.1 Å². The van der Waals surface area contributed by atoms with E-state index in [0.29, 0.717) is 41.4 Å². The summed E-state index contributed by atoms with van der Waals surface area (Å²) in [4.78, 5) is 17.9. The molecule has 2 heterocycles. The van der Waals surface area contributed by atoms with Crippen LogP contribution < -0.4 is 5.32 Å². The van der Waals surface area contributed by atoms with Crippen LogP contribution in [-0.2, 0) is 4.74 Å². The number of ether oxygens (including phenoxy) is 1. The number of rotatable bonds is 5. The van der Waals surface area contributed by atoms with Crippen LogP contribution in [-0.4, -0.2) is 48.6 Å². The van der Waals surface area contributed by atoms with Gasteiger partial charge in [-0.3, -0.25) is 9.69 Å². The summed E-state index contributed by atoms with van der Waals surface area (Å²) in [5, 5.41) is 4.07. The van der Waals surface area contributed by atoms with Gasteiger partial charge in [0.2, 0.25) is 0 Å². The molecule has 146 valence electrons. The predicted octanol–water partition coefficient (Wildman–Crippen LogP) is 3.76. The van der Waals surface area contributed by atoms with Crippen LogP contribution >= 0.6 is 11.6 Å². The third-order valence-corrected chi connectivity index (χ3v) is 5.30. The molecule has 2 N–H and O–H groups in total. The van der Waals surface area contributed by atoms with Crippen molar-refractivity contribution in [3.63, 3.8) is 0 Å². The molecular formula is C21H21ClFN3O2. The van der Waals surface area contributed by atoms with Crippen molar-refractivity contribution >= 4 is 28.4 Å². The quantitative estimate of drug-likeness (QED) is 0.684. The Hall–Kier alpha value is -2.41. The summed E-state index contributed by atoms with van der Waals surface area (Å²) in [7, 11) is 0. The van der Waals surface area contributed by atoms with Crippen molar-refractivity contribution in [2.75, 3.05) is 32.8 Å². The van der Waals surface area contributed by atoms with Crippen LogP contribution in [0.25, 0.3) is 10.9 Å². The summed E-state index contributed by atoms with van der Waals surface area (Å²) in [5.41, 5.74) is 2.03. The number of morpholine rings is 1. The van der Waals surface area contributed by atoms with Crippen molar-refractivity contribution in [3.05, 3.63) is 70.6 Å². The number of hydrogen-bond acceptors (Lipinski definition) is 3. The number of fused-ring (bicyclic) bond motifs is 1.